The Balaban J connectivity index is 1.56. The highest BCUT2D eigenvalue weighted by Crippen LogP contribution is 2.32. The Morgan fingerprint density at radius 2 is 2.00 bits per heavy atom. The Morgan fingerprint density at radius 1 is 1.17 bits per heavy atom. The lowest BCUT2D eigenvalue weighted by Crippen LogP contribution is -2.28. The van der Waals surface area contributed by atoms with Crippen molar-refractivity contribution < 1.29 is 13.6 Å². The monoisotopic (exact) mass is 326 g/mol. The Labute approximate surface area is 137 Å². The Hall–Kier alpha value is -2.69. The third kappa shape index (κ3) is 2.56. The number of benzene rings is 2. The molecule has 2 aromatic carbocycles. The van der Waals surface area contributed by atoms with E-state index in [2.05, 4.69) is 10.3 Å². The molecule has 0 saturated carbocycles. The minimum Gasteiger partial charge on any atom is -0.358 e. The van der Waals surface area contributed by atoms with Gasteiger partial charge in [0.2, 0.25) is 5.91 Å². The summed E-state index contributed by atoms with van der Waals surface area (Å²) in [5.41, 5.74) is 3.43. The molecule has 1 unspecified atom stereocenters. The molecule has 1 amide bonds. The summed E-state index contributed by atoms with van der Waals surface area (Å²) in [6, 6.07) is 11.2. The van der Waals surface area contributed by atoms with E-state index in [0.717, 1.165) is 35.0 Å². The molecule has 0 fully saturated rings. The first kappa shape index (κ1) is 14.9. The number of amides is 1. The molecule has 122 valence electrons. The first-order valence-electron chi connectivity index (χ1n) is 7.96. The molecule has 0 radical (unpaired) electrons. The first-order valence-corrected chi connectivity index (χ1v) is 7.96. The standard InChI is InChI=1S/C19H16F2N2O/c20-12-6-8-18(15(21)10-12)23-19(24)11-5-7-17-14(9-11)13-3-1-2-4-16(13)22-17/h1-4,6,8,10-11,22H,5,7,9H2,(H,23,24). The average molecular weight is 326 g/mol. The van der Waals surface area contributed by atoms with Crippen LogP contribution in [0.3, 0.4) is 0 Å². The molecule has 0 spiro atoms. The fraction of sp³-hybridized carbons (Fsp3) is 0.211. The van der Waals surface area contributed by atoms with E-state index < -0.39 is 11.6 Å². The van der Waals surface area contributed by atoms with Crippen LogP contribution < -0.4 is 5.32 Å². The number of aromatic nitrogens is 1. The second kappa shape index (κ2) is 5.74. The first-order chi connectivity index (χ1) is 11.6. The summed E-state index contributed by atoms with van der Waals surface area (Å²) in [5, 5.41) is 3.72. The van der Waals surface area contributed by atoms with Gasteiger partial charge in [-0.25, -0.2) is 8.78 Å². The number of para-hydroxylation sites is 1. The molecule has 3 aromatic rings. The van der Waals surface area contributed by atoms with Crippen molar-refractivity contribution in [3.63, 3.8) is 0 Å². The van der Waals surface area contributed by atoms with E-state index in [0.29, 0.717) is 12.8 Å². The van der Waals surface area contributed by atoms with Crippen LogP contribution in [0.4, 0.5) is 14.5 Å². The molecule has 3 nitrogen and oxygen atoms in total. The van der Waals surface area contributed by atoms with Gasteiger partial charge in [-0.05, 0) is 43.0 Å². The van der Waals surface area contributed by atoms with Crippen LogP contribution in [-0.2, 0) is 17.6 Å². The van der Waals surface area contributed by atoms with E-state index in [4.69, 9.17) is 0 Å². The molecule has 24 heavy (non-hydrogen) atoms. The van der Waals surface area contributed by atoms with Crippen LogP contribution in [0, 0.1) is 17.6 Å². The fourth-order valence-electron chi connectivity index (χ4n) is 3.42. The van der Waals surface area contributed by atoms with E-state index in [9.17, 15) is 13.6 Å². The van der Waals surface area contributed by atoms with Gasteiger partial charge < -0.3 is 10.3 Å². The lowest BCUT2D eigenvalue weighted by molar-refractivity contribution is -0.120. The maximum Gasteiger partial charge on any atom is 0.227 e. The minimum absolute atomic E-state index is 0.0196. The van der Waals surface area contributed by atoms with Crippen molar-refractivity contribution >= 4 is 22.5 Å². The van der Waals surface area contributed by atoms with Crippen molar-refractivity contribution in [3.05, 3.63) is 65.4 Å². The van der Waals surface area contributed by atoms with Gasteiger partial charge in [0.05, 0.1) is 5.69 Å². The number of halogens is 2. The summed E-state index contributed by atoms with van der Waals surface area (Å²) >= 11 is 0. The third-order valence-electron chi connectivity index (χ3n) is 4.66. The van der Waals surface area contributed by atoms with Crippen LogP contribution in [-0.4, -0.2) is 10.9 Å². The predicted octanol–water partition coefficient (Wildman–Crippen LogP) is 4.19. The molecule has 1 atom stereocenters. The topological polar surface area (TPSA) is 44.9 Å². The molecule has 0 bridgehead atoms. The van der Waals surface area contributed by atoms with Gasteiger partial charge in [-0.3, -0.25) is 4.79 Å². The minimum atomic E-state index is -0.757. The highest BCUT2D eigenvalue weighted by molar-refractivity contribution is 5.94. The number of nitrogens with one attached hydrogen (secondary N) is 2. The van der Waals surface area contributed by atoms with Crippen LogP contribution >= 0.6 is 0 Å². The summed E-state index contributed by atoms with van der Waals surface area (Å²) in [6.45, 7) is 0. The zero-order chi connectivity index (χ0) is 16.7. The largest absolute Gasteiger partial charge is 0.358 e. The molecule has 4 rings (SSSR count). The number of aryl methyl sites for hydroxylation is 1. The molecule has 1 aromatic heterocycles. The predicted molar refractivity (Wildman–Crippen MR) is 88.8 cm³/mol. The quantitative estimate of drug-likeness (QED) is 0.729. The van der Waals surface area contributed by atoms with Gasteiger partial charge in [-0.1, -0.05) is 18.2 Å². The lowest BCUT2D eigenvalue weighted by atomic mass is 9.86. The molecule has 5 heteroatoms. The van der Waals surface area contributed by atoms with E-state index >= 15 is 0 Å². The second-order valence-electron chi connectivity index (χ2n) is 6.18. The Kier molecular flexibility index (Phi) is 3.56. The van der Waals surface area contributed by atoms with Gasteiger partial charge in [0.1, 0.15) is 11.6 Å². The van der Waals surface area contributed by atoms with E-state index in [1.165, 1.54) is 11.8 Å². The molecule has 0 aliphatic heterocycles. The third-order valence-corrected chi connectivity index (χ3v) is 4.66. The summed E-state index contributed by atoms with van der Waals surface area (Å²) < 4.78 is 26.7. The number of aromatic amines is 1. The van der Waals surface area contributed by atoms with Crippen molar-refractivity contribution in [2.75, 3.05) is 5.32 Å². The second-order valence-corrected chi connectivity index (χ2v) is 6.18. The van der Waals surface area contributed by atoms with Gasteiger partial charge in [0.25, 0.3) is 0 Å². The number of carbonyl (C=O) groups is 1. The number of rotatable bonds is 2. The number of anilines is 1. The SMILES string of the molecule is O=C(Nc1ccc(F)cc1F)C1CCc2[nH]c3ccccc3c2C1. The van der Waals surface area contributed by atoms with Crippen molar-refractivity contribution in [1.82, 2.24) is 4.98 Å². The van der Waals surface area contributed by atoms with Crippen molar-refractivity contribution in [2.45, 2.75) is 19.3 Å². The molecular weight excluding hydrogens is 310 g/mol. The summed E-state index contributed by atoms with van der Waals surface area (Å²) in [7, 11) is 0. The highest BCUT2D eigenvalue weighted by atomic mass is 19.1. The van der Waals surface area contributed by atoms with Crippen molar-refractivity contribution in [3.8, 4) is 0 Å². The fourth-order valence-corrected chi connectivity index (χ4v) is 3.42. The number of H-pyrrole nitrogens is 1. The van der Waals surface area contributed by atoms with Crippen LogP contribution in [0.2, 0.25) is 0 Å². The lowest BCUT2D eigenvalue weighted by Gasteiger charge is -2.22. The summed E-state index contributed by atoms with van der Waals surface area (Å²) in [6.07, 6.45) is 2.11. The van der Waals surface area contributed by atoms with Crippen molar-refractivity contribution in [2.24, 2.45) is 5.92 Å². The Morgan fingerprint density at radius 3 is 2.83 bits per heavy atom. The van der Waals surface area contributed by atoms with Gasteiger partial charge in [-0.2, -0.15) is 0 Å². The number of hydrogen-bond donors (Lipinski definition) is 2. The van der Waals surface area contributed by atoms with Crippen LogP contribution in [0.25, 0.3) is 10.9 Å². The Bertz CT molecular complexity index is 932. The molecule has 1 aliphatic rings. The zero-order valence-corrected chi connectivity index (χ0v) is 12.9. The summed E-state index contributed by atoms with van der Waals surface area (Å²) in [4.78, 5) is 15.9. The van der Waals surface area contributed by atoms with Crippen LogP contribution in [0.1, 0.15) is 17.7 Å². The van der Waals surface area contributed by atoms with E-state index in [1.54, 1.807) is 0 Å². The van der Waals surface area contributed by atoms with Gasteiger partial charge in [0.15, 0.2) is 0 Å². The number of hydrogen-bond acceptors (Lipinski definition) is 1. The van der Waals surface area contributed by atoms with Crippen LogP contribution in [0.5, 0.6) is 0 Å². The average Bonchev–Trinajstić information content (AvgIpc) is 2.95. The van der Waals surface area contributed by atoms with E-state index in [1.807, 2.05) is 24.3 Å². The normalized spacial score (nSPS) is 16.8. The molecule has 1 aliphatic carbocycles. The highest BCUT2D eigenvalue weighted by Gasteiger charge is 2.27. The van der Waals surface area contributed by atoms with Gasteiger partial charge in [-0.15, -0.1) is 0 Å². The van der Waals surface area contributed by atoms with Gasteiger partial charge >= 0.3 is 0 Å². The smallest absolute Gasteiger partial charge is 0.227 e. The summed E-state index contributed by atoms with van der Waals surface area (Å²) in [5.74, 6) is -1.86. The molecule has 1 heterocycles. The zero-order valence-electron chi connectivity index (χ0n) is 12.9. The van der Waals surface area contributed by atoms with Crippen molar-refractivity contribution in [1.29, 1.82) is 0 Å². The maximum atomic E-state index is 13.7. The van der Waals surface area contributed by atoms with E-state index in [-0.39, 0.29) is 17.5 Å². The van der Waals surface area contributed by atoms with Crippen LogP contribution in [0.15, 0.2) is 42.5 Å². The van der Waals surface area contributed by atoms with Gasteiger partial charge in [0, 0.05) is 28.6 Å². The maximum absolute atomic E-state index is 13.7. The molecule has 0 saturated heterocycles. The number of carbonyl (C=O) groups excluding carboxylic acids is 1. The molecular formula is C19H16F2N2O. The number of fused-ring (bicyclic) bond motifs is 3. The molecule has 2 N–H and O–H groups in total.